The summed E-state index contributed by atoms with van der Waals surface area (Å²) in [4.78, 5) is 37.4. The van der Waals surface area contributed by atoms with E-state index in [1.807, 2.05) is 13.0 Å². The van der Waals surface area contributed by atoms with Gasteiger partial charge in [-0.05, 0) is 11.5 Å². The van der Waals surface area contributed by atoms with Crippen molar-refractivity contribution in [2.75, 3.05) is 5.75 Å². The number of carbonyl (C=O) groups is 3. The largest absolute Gasteiger partial charge is 0.480 e. The molecule has 2 fully saturated rings. The van der Waals surface area contributed by atoms with Gasteiger partial charge in [-0.15, -0.1) is 11.8 Å². The van der Waals surface area contributed by atoms with E-state index in [9.17, 15) is 19.5 Å². The van der Waals surface area contributed by atoms with Gasteiger partial charge in [-0.3, -0.25) is 9.59 Å². The predicted octanol–water partition coefficient (Wildman–Crippen LogP) is 0.176. The molecule has 2 saturated heterocycles. The van der Waals surface area contributed by atoms with E-state index in [0.29, 0.717) is 11.3 Å². The Hall–Kier alpha value is -2.06. The number of benzene rings is 1. The Balaban J connectivity index is 1.68. The van der Waals surface area contributed by atoms with E-state index in [4.69, 9.17) is 5.73 Å². The summed E-state index contributed by atoms with van der Waals surface area (Å²) in [6.45, 7) is 1.81. The number of aliphatic carboxylic acids is 1. The fourth-order valence-electron chi connectivity index (χ4n) is 3.12. The highest BCUT2D eigenvalue weighted by Gasteiger charge is 2.57. The number of carboxylic acids is 1. The summed E-state index contributed by atoms with van der Waals surface area (Å²) in [5.74, 6) is -1.31. The second-order valence-electron chi connectivity index (χ2n) is 6.10. The van der Waals surface area contributed by atoms with Crippen LogP contribution >= 0.6 is 11.8 Å². The lowest BCUT2D eigenvalue weighted by Gasteiger charge is -2.53. The molecule has 0 aliphatic carbocycles. The van der Waals surface area contributed by atoms with Crippen molar-refractivity contribution in [1.82, 2.24) is 10.2 Å². The minimum Gasteiger partial charge on any atom is -0.480 e. The summed E-state index contributed by atoms with van der Waals surface area (Å²) in [6, 6.07) is 6.48. The number of carbonyl (C=O) groups excluding carboxylic acids is 2. The van der Waals surface area contributed by atoms with E-state index in [0.717, 1.165) is 0 Å². The topological polar surface area (TPSA) is 113 Å². The molecular formula is C16H19N3O4S. The zero-order valence-corrected chi connectivity index (χ0v) is 13.9. The van der Waals surface area contributed by atoms with Crippen LogP contribution in [0.3, 0.4) is 0 Å². The van der Waals surface area contributed by atoms with Gasteiger partial charge in [0.05, 0.1) is 0 Å². The van der Waals surface area contributed by atoms with Crippen molar-refractivity contribution < 1.29 is 19.5 Å². The molecule has 128 valence electrons. The number of thioether (sulfide) groups is 1. The summed E-state index contributed by atoms with van der Waals surface area (Å²) < 4.78 is 0. The minimum absolute atomic E-state index is 0.129. The third-order valence-corrected chi connectivity index (χ3v) is 6.00. The maximum atomic E-state index is 12.3. The standard InChI is InChI=1S/C16H19N3O4S/c1-8-7-24-15-11(14(21)19(15)12(8)16(22)23)18-13(20)10(17)9-5-3-2-4-6-9/h2-6,8,10-12,15H,7,17H2,1H3,(H,18,20)(H,22,23)/t8?,10?,11-,12?,15-/m1/s1. The highest BCUT2D eigenvalue weighted by molar-refractivity contribution is 8.00. The second-order valence-corrected chi connectivity index (χ2v) is 7.25. The van der Waals surface area contributed by atoms with Crippen LogP contribution in [0.15, 0.2) is 30.3 Å². The van der Waals surface area contributed by atoms with Gasteiger partial charge in [-0.1, -0.05) is 37.3 Å². The Morgan fingerprint density at radius 3 is 2.67 bits per heavy atom. The fraction of sp³-hybridized carbons (Fsp3) is 0.438. The summed E-state index contributed by atoms with van der Waals surface area (Å²) in [5.41, 5.74) is 6.60. The van der Waals surface area contributed by atoms with Gasteiger partial charge in [0.15, 0.2) is 0 Å². The minimum atomic E-state index is -1.01. The number of nitrogens with two attached hydrogens (primary N) is 1. The first-order valence-corrected chi connectivity index (χ1v) is 8.74. The number of hydrogen-bond acceptors (Lipinski definition) is 5. The van der Waals surface area contributed by atoms with Crippen molar-refractivity contribution in [3.05, 3.63) is 35.9 Å². The molecule has 3 unspecified atom stereocenters. The first-order valence-electron chi connectivity index (χ1n) is 7.69. The molecule has 0 spiro atoms. The van der Waals surface area contributed by atoms with Crippen LogP contribution in [0.4, 0.5) is 0 Å². The molecule has 2 aliphatic heterocycles. The first-order chi connectivity index (χ1) is 11.4. The second kappa shape index (κ2) is 6.45. The van der Waals surface area contributed by atoms with E-state index in [1.165, 1.54) is 16.7 Å². The molecule has 0 radical (unpaired) electrons. The van der Waals surface area contributed by atoms with Gasteiger partial charge in [-0.25, -0.2) is 4.79 Å². The molecular weight excluding hydrogens is 330 g/mol. The number of nitrogens with one attached hydrogen (secondary N) is 1. The summed E-state index contributed by atoms with van der Waals surface area (Å²) >= 11 is 1.49. The molecule has 5 atom stereocenters. The lowest BCUT2D eigenvalue weighted by atomic mass is 9.94. The average molecular weight is 349 g/mol. The van der Waals surface area contributed by atoms with Crippen molar-refractivity contribution in [3.63, 3.8) is 0 Å². The Kier molecular flexibility index (Phi) is 4.51. The number of fused-ring (bicyclic) bond motifs is 1. The number of amides is 2. The van der Waals surface area contributed by atoms with Gasteiger partial charge in [0, 0.05) is 5.75 Å². The number of carboxylic acid groups (broad SMARTS) is 1. The third kappa shape index (κ3) is 2.76. The molecule has 0 bridgehead atoms. The Bertz CT molecular complexity index is 669. The summed E-state index contributed by atoms with van der Waals surface area (Å²) in [5, 5.41) is 11.7. The van der Waals surface area contributed by atoms with E-state index in [-0.39, 0.29) is 17.2 Å². The molecule has 4 N–H and O–H groups in total. The van der Waals surface area contributed by atoms with Crippen LogP contribution in [0.25, 0.3) is 0 Å². The normalized spacial score (nSPS) is 30.1. The Morgan fingerprint density at radius 2 is 2.04 bits per heavy atom. The molecule has 0 aromatic heterocycles. The molecule has 7 nitrogen and oxygen atoms in total. The van der Waals surface area contributed by atoms with E-state index in [2.05, 4.69) is 5.32 Å². The molecule has 1 aromatic carbocycles. The summed E-state index contributed by atoms with van der Waals surface area (Å²) in [6.07, 6.45) is 0. The van der Waals surface area contributed by atoms with E-state index >= 15 is 0 Å². The molecule has 2 amide bonds. The molecule has 24 heavy (non-hydrogen) atoms. The molecule has 0 saturated carbocycles. The lowest BCUT2D eigenvalue weighted by molar-refractivity contribution is -0.164. The molecule has 2 heterocycles. The van der Waals surface area contributed by atoms with Crippen LogP contribution in [0.1, 0.15) is 18.5 Å². The van der Waals surface area contributed by atoms with Crippen LogP contribution in [0.5, 0.6) is 0 Å². The first kappa shape index (κ1) is 16.8. The number of hydrogen-bond donors (Lipinski definition) is 3. The molecule has 2 aliphatic rings. The average Bonchev–Trinajstić information content (AvgIpc) is 2.59. The smallest absolute Gasteiger partial charge is 0.326 e. The van der Waals surface area contributed by atoms with Crippen LogP contribution in [-0.2, 0) is 14.4 Å². The van der Waals surface area contributed by atoms with Crippen molar-refractivity contribution in [2.24, 2.45) is 11.7 Å². The van der Waals surface area contributed by atoms with Gasteiger partial charge in [0.25, 0.3) is 0 Å². The maximum absolute atomic E-state index is 12.3. The van der Waals surface area contributed by atoms with Crippen molar-refractivity contribution in [3.8, 4) is 0 Å². The predicted molar refractivity (Wildman–Crippen MR) is 89.0 cm³/mol. The quantitative estimate of drug-likeness (QED) is 0.668. The van der Waals surface area contributed by atoms with Crippen molar-refractivity contribution in [1.29, 1.82) is 0 Å². The van der Waals surface area contributed by atoms with Gasteiger partial charge in [0.1, 0.15) is 23.5 Å². The maximum Gasteiger partial charge on any atom is 0.326 e. The van der Waals surface area contributed by atoms with Crippen LogP contribution < -0.4 is 11.1 Å². The number of β-lactam (4-membered cyclic amide) rings is 1. The fourth-order valence-corrected chi connectivity index (χ4v) is 4.58. The molecule has 3 rings (SSSR count). The van der Waals surface area contributed by atoms with Crippen molar-refractivity contribution in [2.45, 2.75) is 30.4 Å². The Labute approximate surface area is 143 Å². The van der Waals surface area contributed by atoms with Gasteiger partial charge in [-0.2, -0.15) is 0 Å². The monoisotopic (exact) mass is 349 g/mol. The number of rotatable bonds is 4. The van der Waals surface area contributed by atoms with Crippen LogP contribution in [0.2, 0.25) is 0 Å². The van der Waals surface area contributed by atoms with Gasteiger partial charge < -0.3 is 21.1 Å². The Morgan fingerprint density at radius 1 is 1.38 bits per heavy atom. The van der Waals surface area contributed by atoms with Crippen LogP contribution in [-0.4, -0.2) is 51.0 Å². The molecule has 1 aromatic rings. The van der Waals surface area contributed by atoms with E-state index < -0.39 is 30.0 Å². The number of nitrogens with zero attached hydrogens (tertiary/aromatic N) is 1. The van der Waals surface area contributed by atoms with Gasteiger partial charge >= 0.3 is 5.97 Å². The zero-order valence-electron chi connectivity index (χ0n) is 13.1. The van der Waals surface area contributed by atoms with Gasteiger partial charge in [0.2, 0.25) is 11.8 Å². The highest BCUT2D eigenvalue weighted by atomic mass is 32.2. The lowest BCUT2D eigenvalue weighted by Crippen LogP contribution is -2.75. The zero-order chi connectivity index (χ0) is 17.4. The van der Waals surface area contributed by atoms with Crippen LogP contribution in [0, 0.1) is 5.92 Å². The molecule has 8 heteroatoms. The summed E-state index contributed by atoms with van der Waals surface area (Å²) in [7, 11) is 0. The SMILES string of the molecule is CC1CS[C@@H]2[C@H](NC(=O)C(N)c3ccccc3)C(=O)N2C1C(=O)O. The van der Waals surface area contributed by atoms with Crippen molar-refractivity contribution >= 4 is 29.5 Å². The van der Waals surface area contributed by atoms with E-state index in [1.54, 1.807) is 24.3 Å². The third-order valence-electron chi connectivity index (χ3n) is 4.44. The highest BCUT2D eigenvalue weighted by Crippen LogP contribution is 2.40.